The van der Waals surface area contributed by atoms with Gasteiger partial charge in [0.2, 0.25) is 0 Å². The Balaban J connectivity index is 0. The molecule has 0 saturated heterocycles. The van der Waals surface area contributed by atoms with Gasteiger partial charge in [-0.05, 0) is 0 Å². The number of halogens is 4. The Bertz CT molecular complexity index is 6.85. The SMILES string of the molecule is Br.Br.Br.I.[LiH]. The van der Waals surface area contributed by atoms with Crippen molar-refractivity contribution >= 4 is 93.8 Å². The molecule has 0 nitrogen and oxygen atoms in total. The van der Waals surface area contributed by atoms with E-state index in [4.69, 9.17) is 0 Å². The van der Waals surface area contributed by atoms with Gasteiger partial charge in [0.15, 0.2) is 0 Å². The van der Waals surface area contributed by atoms with E-state index in [2.05, 4.69) is 0 Å². The van der Waals surface area contributed by atoms with E-state index < -0.39 is 0 Å². The molecule has 0 aliphatic heterocycles. The van der Waals surface area contributed by atoms with Gasteiger partial charge in [0.25, 0.3) is 0 Å². The summed E-state index contributed by atoms with van der Waals surface area (Å²) in [5.74, 6) is 0. The molecule has 0 heterocycles. The van der Waals surface area contributed by atoms with Gasteiger partial charge in [-0.3, -0.25) is 0 Å². The predicted molar refractivity (Wildman–Crippen MR) is 53.5 cm³/mol. The zero-order valence-electron chi connectivity index (χ0n) is 1.63. The van der Waals surface area contributed by atoms with Gasteiger partial charge in [-0.2, -0.15) is 0 Å². The third-order valence-corrected chi connectivity index (χ3v) is 0. The van der Waals surface area contributed by atoms with E-state index in [9.17, 15) is 0 Å². The maximum atomic E-state index is 0. The van der Waals surface area contributed by atoms with E-state index >= 15 is 0 Å². The van der Waals surface area contributed by atoms with Crippen molar-refractivity contribution in [3.05, 3.63) is 0 Å². The van der Waals surface area contributed by atoms with Gasteiger partial charge in [-0.1, -0.05) is 0 Å². The number of rotatable bonds is 0. The van der Waals surface area contributed by atoms with E-state index in [0.29, 0.717) is 0 Å². The summed E-state index contributed by atoms with van der Waals surface area (Å²) in [5, 5.41) is 0. The Hall–Kier alpha value is 2.77. The molecular formula is H5Br3ILi. The molecule has 0 amide bonds. The van der Waals surface area contributed by atoms with Gasteiger partial charge >= 0.3 is 18.9 Å². The fourth-order valence-electron chi connectivity index (χ4n) is 0. The van der Waals surface area contributed by atoms with Gasteiger partial charge in [0.05, 0.1) is 0 Å². The summed E-state index contributed by atoms with van der Waals surface area (Å²) in [6, 6.07) is 0. The van der Waals surface area contributed by atoms with Crippen LogP contribution in [0.1, 0.15) is 0 Å². The fourth-order valence-corrected chi connectivity index (χ4v) is 0. The Labute approximate surface area is 92.3 Å². The van der Waals surface area contributed by atoms with Crippen molar-refractivity contribution in [2.45, 2.75) is 0 Å². The molecule has 34 valence electrons. The molecule has 0 spiro atoms. The average molecular weight is 379 g/mol. The molecule has 0 atom stereocenters. The Morgan fingerprint density at radius 1 is 0.600 bits per heavy atom. The Morgan fingerprint density at radius 3 is 0.600 bits per heavy atom. The molecule has 0 bridgehead atoms. The van der Waals surface area contributed by atoms with Crippen molar-refractivity contribution in [1.82, 2.24) is 0 Å². The molecule has 0 aromatic rings. The molecular weight excluding hydrogens is 374 g/mol. The zero-order chi connectivity index (χ0) is 0. The summed E-state index contributed by atoms with van der Waals surface area (Å²) in [5.41, 5.74) is 0. The quantitative estimate of drug-likeness (QED) is 0.445. The van der Waals surface area contributed by atoms with Crippen LogP contribution in [0.15, 0.2) is 0 Å². The Morgan fingerprint density at radius 2 is 0.600 bits per heavy atom. The molecule has 0 aromatic heterocycles. The summed E-state index contributed by atoms with van der Waals surface area (Å²) in [7, 11) is 0. The van der Waals surface area contributed by atoms with Crippen LogP contribution in [0.25, 0.3) is 0 Å². The average Bonchev–Trinajstić information content (AvgIpc) is 0. The second kappa shape index (κ2) is 29.4. The molecule has 0 N–H and O–H groups in total. The van der Waals surface area contributed by atoms with Crippen LogP contribution in [-0.4, -0.2) is 18.9 Å². The zero-order valence-corrected chi connectivity index (χ0v) is 9.10. The van der Waals surface area contributed by atoms with Crippen molar-refractivity contribution in [3.8, 4) is 0 Å². The molecule has 0 radical (unpaired) electrons. The van der Waals surface area contributed by atoms with Gasteiger partial charge in [0.1, 0.15) is 0 Å². The van der Waals surface area contributed by atoms with Crippen molar-refractivity contribution in [3.63, 3.8) is 0 Å². The van der Waals surface area contributed by atoms with Crippen LogP contribution in [0.5, 0.6) is 0 Å². The van der Waals surface area contributed by atoms with Crippen LogP contribution in [0, 0.1) is 0 Å². The third kappa shape index (κ3) is 20.1. The summed E-state index contributed by atoms with van der Waals surface area (Å²) < 4.78 is 0. The second-order valence-corrected chi connectivity index (χ2v) is 0. The van der Waals surface area contributed by atoms with E-state index in [1.807, 2.05) is 0 Å². The molecule has 0 saturated carbocycles. The second-order valence-electron chi connectivity index (χ2n) is 0. The predicted octanol–water partition coefficient (Wildman–Crippen LogP) is 1.70. The third-order valence-electron chi connectivity index (χ3n) is 0. The van der Waals surface area contributed by atoms with Gasteiger partial charge in [-0.15, -0.1) is 74.9 Å². The summed E-state index contributed by atoms with van der Waals surface area (Å²) in [6.45, 7) is 0. The number of hydrogen-bond donors (Lipinski definition) is 0. The molecule has 0 aromatic carbocycles. The molecule has 5 heavy (non-hydrogen) atoms. The first-order chi connectivity index (χ1) is 0. The van der Waals surface area contributed by atoms with Crippen LogP contribution in [0.2, 0.25) is 0 Å². The maximum absolute atomic E-state index is 0. The molecule has 0 rings (SSSR count). The molecule has 0 fully saturated rings. The molecule has 0 unspecified atom stereocenters. The van der Waals surface area contributed by atoms with Gasteiger partial charge < -0.3 is 0 Å². The van der Waals surface area contributed by atoms with Crippen LogP contribution in [0.3, 0.4) is 0 Å². The Kier molecular flexibility index (Phi) is 273. The minimum absolute atomic E-state index is 0. The van der Waals surface area contributed by atoms with Crippen molar-refractivity contribution in [2.75, 3.05) is 0 Å². The summed E-state index contributed by atoms with van der Waals surface area (Å²) in [4.78, 5) is 0. The van der Waals surface area contributed by atoms with Crippen molar-refractivity contribution in [1.29, 1.82) is 0 Å². The summed E-state index contributed by atoms with van der Waals surface area (Å²) in [6.07, 6.45) is 0. The standard InChI is InChI=1S/3BrH.HI.Li.H/h4*1H;;. The van der Waals surface area contributed by atoms with Gasteiger partial charge in [-0.25, -0.2) is 0 Å². The van der Waals surface area contributed by atoms with Crippen LogP contribution >= 0.6 is 74.9 Å². The van der Waals surface area contributed by atoms with Crippen LogP contribution < -0.4 is 0 Å². The molecule has 0 aliphatic rings. The number of hydrogen-bond acceptors (Lipinski definition) is 0. The normalized spacial score (nSPS) is 0. The summed E-state index contributed by atoms with van der Waals surface area (Å²) >= 11 is 0. The van der Waals surface area contributed by atoms with Crippen LogP contribution in [0.4, 0.5) is 0 Å². The van der Waals surface area contributed by atoms with E-state index in [-0.39, 0.29) is 93.8 Å². The molecule has 0 aliphatic carbocycles. The first-order valence-corrected chi connectivity index (χ1v) is 0. The monoisotopic (exact) mass is 376 g/mol. The topological polar surface area (TPSA) is 0 Å². The first kappa shape index (κ1) is 46.4. The van der Waals surface area contributed by atoms with Crippen LogP contribution in [-0.2, 0) is 0 Å². The van der Waals surface area contributed by atoms with E-state index in [0.717, 1.165) is 0 Å². The van der Waals surface area contributed by atoms with Crippen molar-refractivity contribution in [2.24, 2.45) is 0 Å². The van der Waals surface area contributed by atoms with Gasteiger partial charge in [0, 0.05) is 0 Å². The fraction of sp³-hybridized carbons (Fsp3) is 0. The van der Waals surface area contributed by atoms with E-state index in [1.165, 1.54) is 0 Å². The molecule has 5 heteroatoms. The first-order valence-electron chi connectivity index (χ1n) is 0. The van der Waals surface area contributed by atoms with Crippen molar-refractivity contribution < 1.29 is 0 Å². The minimum atomic E-state index is 0. The van der Waals surface area contributed by atoms with E-state index in [1.54, 1.807) is 0 Å².